The molecule has 0 aliphatic carbocycles. The van der Waals surface area contributed by atoms with Crippen LogP contribution in [0.1, 0.15) is 18.1 Å². The van der Waals surface area contributed by atoms with Crippen LogP contribution in [-0.2, 0) is 0 Å². The normalized spacial score (nSPS) is 12.6. The monoisotopic (exact) mass is 306 g/mol. The molecule has 0 N–H and O–H groups in total. The predicted octanol–water partition coefficient (Wildman–Crippen LogP) is 3.26. The highest BCUT2D eigenvalue weighted by Gasteiger charge is 2.20. The largest absolute Gasteiger partial charge is 0.479 e. The molecule has 108 valence electrons. The summed E-state index contributed by atoms with van der Waals surface area (Å²) in [6.45, 7) is 1.79. The van der Waals surface area contributed by atoms with Gasteiger partial charge in [-0.1, -0.05) is 6.07 Å². The zero-order chi connectivity index (χ0) is 15.0. The predicted molar refractivity (Wildman–Crippen MR) is 77.4 cm³/mol. The summed E-state index contributed by atoms with van der Waals surface area (Å²) in [7, 11) is 1.51. The summed E-state index contributed by atoms with van der Waals surface area (Å²) >= 11 is 6.20. The maximum absolute atomic E-state index is 13.5. The fraction of sp³-hybridized carbons (Fsp3) is 0.214. The van der Waals surface area contributed by atoms with Crippen LogP contribution >= 0.6 is 11.6 Å². The molecule has 0 spiro atoms. The molecule has 0 bridgehead atoms. The quantitative estimate of drug-likeness (QED) is 0.697. The fourth-order valence-electron chi connectivity index (χ4n) is 2.17. The summed E-state index contributed by atoms with van der Waals surface area (Å²) in [6.07, 6.45) is 1.38. The van der Waals surface area contributed by atoms with E-state index in [1.54, 1.807) is 23.6 Å². The lowest BCUT2D eigenvalue weighted by Crippen LogP contribution is -2.03. The molecule has 3 aromatic rings. The van der Waals surface area contributed by atoms with Gasteiger partial charge in [0.1, 0.15) is 18.0 Å². The van der Waals surface area contributed by atoms with Gasteiger partial charge < -0.3 is 4.74 Å². The van der Waals surface area contributed by atoms with Crippen LogP contribution in [0.2, 0.25) is 0 Å². The lowest BCUT2D eigenvalue weighted by Gasteiger charge is -2.09. The van der Waals surface area contributed by atoms with Crippen molar-refractivity contribution in [1.29, 1.82) is 0 Å². The van der Waals surface area contributed by atoms with Crippen molar-refractivity contribution >= 4 is 22.8 Å². The maximum atomic E-state index is 13.5. The van der Waals surface area contributed by atoms with Crippen molar-refractivity contribution < 1.29 is 9.13 Å². The Kier molecular flexibility index (Phi) is 3.47. The number of hydrogen-bond donors (Lipinski definition) is 0. The summed E-state index contributed by atoms with van der Waals surface area (Å²) in [5, 5.41) is -0.382. The highest BCUT2D eigenvalue weighted by atomic mass is 35.5. The van der Waals surface area contributed by atoms with Gasteiger partial charge in [0, 0.05) is 0 Å². The number of ether oxygens (including phenoxy) is 1. The van der Waals surface area contributed by atoms with Crippen LogP contribution in [0.25, 0.3) is 16.9 Å². The third-order valence-corrected chi connectivity index (χ3v) is 3.25. The lowest BCUT2D eigenvalue weighted by molar-refractivity contribution is 0.401. The van der Waals surface area contributed by atoms with E-state index < -0.39 is 0 Å². The molecule has 0 aliphatic heterocycles. The van der Waals surface area contributed by atoms with Crippen LogP contribution in [0.4, 0.5) is 4.39 Å². The van der Waals surface area contributed by atoms with E-state index in [1.807, 2.05) is 0 Å². The summed E-state index contributed by atoms with van der Waals surface area (Å²) in [5.74, 6) is 0.563. The zero-order valence-corrected chi connectivity index (χ0v) is 12.2. The number of methoxy groups -OCH3 is 1. The number of imidazole rings is 1. The molecule has 7 heteroatoms. The van der Waals surface area contributed by atoms with E-state index in [0.29, 0.717) is 28.6 Å². The Morgan fingerprint density at radius 1 is 1.33 bits per heavy atom. The number of halogens is 2. The van der Waals surface area contributed by atoms with Crippen molar-refractivity contribution in [2.75, 3.05) is 7.11 Å². The van der Waals surface area contributed by atoms with Gasteiger partial charge in [0.05, 0.1) is 18.2 Å². The maximum Gasteiger partial charge on any atom is 0.245 e. The SMILES string of the molecule is COc1ncnc2c1nc(C(C)Cl)n2-c1cccc(F)c1. The van der Waals surface area contributed by atoms with Gasteiger partial charge in [-0.2, -0.15) is 4.98 Å². The Balaban J connectivity index is 2.36. The molecule has 0 aliphatic rings. The van der Waals surface area contributed by atoms with E-state index >= 15 is 0 Å². The molecule has 0 saturated heterocycles. The molecule has 2 heterocycles. The molecule has 2 aromatic heterocycles. The van der Waals surface area contributed by atoms with Crippen molar-refractivity contribution in [3.63, 3.8) is 0 Å². The van der Waals surface area contributed by atoms with Crippen molar-refractivity contribution in [2.45, 2.75) is 12.3 Å². The van der Waals surface area contributed by atoms with E-state index in [0.717, 1.165) is 0 Å². The minimum Gasteiger partial charge on any atom is -0.479 e. The highest BCUT2D eigenvalue weighted by Crippen LogP contribution is 2.30. The van der Waals surface area contributed by atoms with Crippen molar-refractivity contribution in [2.24, 2.45) is 0 Å². The summed E-state index contributed by atoms with van der Waals surface area (Å²) in [6, 6.07) is 6.17. The summed E-state index contributed by atoms with van der Waals surface area (Å²) < 4.78 is 20.4. The van der Waals surface area contributed by atoms with Gasteiger partial charge in [0.25, 0.3) is 0 Å². The Hall–Kier alpha value is -2.21. The number of fused-ring (bicyclic) bond motifs is 1. The molecule has 5 nitrogen and oxygen atoms in total. The first-order valence-electron chi connectivity index (χ1n) is 6.29. The molecule has 3 rings (SSSR count). The average Bonchev–Trinajstić information content (AvgIpc) is 2.86. The molecule has 21 heavy (non-hydrogen) atoms. The number of benzene rings is 1. The highest BCUT2D eigenvalue weighted by molar-refractivity contribution is 6.20. The van der Waals surface area contributed by atoms with Crippen LogP contribution in [0.15, 0.2) is 30.6 Å². The van der Waals surface area contributed by atoms with E-state index in [9.17, 15) is 4.39 Å². The second kappa shape index (κ2) is 5.29. The molecular formula is C14H12ClFN4O. The third-order valence-electron chi connectivity index (χ3n) is 3.05. The number of nitrogens with zero attached hydrogens (tertiary/aromatic N) is 4. The average molecular weight is 307 g/mol. The smallest absolute Gasteiger partial charge is 0.245 e. The van der Waals surface area contributed by atoms with Gasteiger partial charge in [-0.3, -0.25) is 4.57 Å². The first-order valence-corrected chi connectivity index (χ1v) is 6.73. The van der Waals surface area contributed by atoms with Crippen LogP contribution < -0.4 is 4.74 Å². The summed E-state index contributed by atoms with van der Waals surface area (Å²) in [5.41, 5.74) is 1.61. The number of alkyl halides is 1. The van der Waals surface area contributed by atoms with Crippen molar-refractivity contribution in [3.8, 4) is 11.6 Å². The zero-order valence-electron chi connectivity index (χ0n) is 11.4. The first-order chi connectivity index (χ1) is 10.1. The van der Waals surface area contributed by atoms with Crippen LogP contribution in [0.3, 0.4) is 0 Å². The fourth-order valence-corrected chi connectivity index (χ4v) is 2.32. The van der Waals surface area contributed by atoms with Gasteiger partial charge in [0.2, 0.25) is 5.88 Å². The lowest BCUT2D eigenvalue weighted by atomic mass is 10.3. The molecule has 1 aromatic carbocycles. The van der Waals surface area contributed by atoms with Crippen molar-refractivity contribution in [3.05, 3.63) is 42.2 Å². The molecule has 0 fully saturated rings. The second-order valence-corrected chi connectivity index (χ2v) is 5.11. The van der Waals surface area contributed by atoms with Gasteiger partial charge in [-0.05, 0) is 25.1 Å². The van der Waals surface area contributed by atoms with E-state index in [4.69, 9.17) is 16.3 Å². The number of rotatable bonds is 3. The molecule has 1 atom stereocenters. The minimum absolute atomic E-state index is 0.344. The third kappa shape index (κ3) is 2.31. The van der Waals surface area contributed by atoms with Crippen LogP contribution in [-0.4, -0.2) is 26.6 Å². The molecule has 0 saturated carbocycles. The summed E-state index contributed by atoms with van der Waals surface area (Å²) in [4.78, 5) is 12.7. The van der Waals surface area contributed by atoms with E-state index in [2.05, 4.69) is 15.0 Å². The Morgan fingerprint density at radius 2 is 2.14 bits per heavy atom. The van der Waals surface area contributed by atoms with Gasteiger partial charge in [-0.15, -0.1) is 11.6 Å². The molecule has 1 unspecified atom stereocenters. The molecule has 0 radical (unpaired) electrons. The molecular weight excluding hydrogens is 295 g/mol. The second-order valence-electron chi connectivity index (χ2n) is 4.46. The van der Waals surface area contributed by atoms with Crippen LogP contribution in [0, 0.1) is 5.82 Å². The van der Waals surface area contributed by atoms with Crippen LogP contribution in [0.5, 0.6) is 5.88 Å². The van der Waals surface area contributed by atoms with Gasteiger partial charge >= 0.3 is 0 Å². The number of hydrogen-bond acceptors (Lipinski definition) is 4. The van der Waals surface area contributed by atoms with Gasteiger partial charge in [0.15, 0.2) is 11.2 Å². The van der Waals surface area contributed by atoms with E-state index in [1.165, 1.54) is 25.6 Å². The Labute approximate surface area is 125 Å². The first kappa shape index (κ1) is 13.8. The Morgan fingerprint density at radius 3 is 2.81 bits per heavy atom. The minimum atomic E-state index is -0.382. The van der Waals surface area contributed by atoms with Gasteiger partial charge in [-0.25, -0.2) is 14.4 Å². The molecule has 0 amide bonds. The van der Waals surface area contributed by atoms with E-state index in [-0.39, 0.29) is 11.2 Å². The van der Waals surface area contributed by atoms with Crippen molar-refractivity contribution in [1.82, 2.24) is 19.5 Å². The topological polar surface area (TPSA) is 52.8 Å². The Bertz CT molecular complexity index is 803. The number of aromatic nitrogens is 4. The standard InChI is InChI=1S/C14H12ClFN4O/c1-8(15)12-19-11-13(17-7-18-14(11)21-2)20(12)10-5-3-4-9(16)6-10/h3-8H,1-2H3.